The average molecular weight is 256 g/mol. The molecule has 5 heteroatoms. The first-order chi connectivity index (χ1) is 8.07. The second-order valence-electron chi connectivity index (χ2n) is 4.00. The van der Waals surface area contributed by atoms with Crippen LogP contribution in [0, 0.1) is 0 Å². The van der Waals surface area contributed by atoms with Crippen LogP contribution in [0.4, 0.5) is 0 Å². The SMILES string of the molecule is CCCS(=O)(=O)NCc1ccc(CCN)cc1. The van der Waals surface area contributed by atoms with Crippen LogP contribution >= 0.6 is 0 Å². The maximum Gasteiger partial charge on any atom is 0.211 e. The van der Waals surface area contributed by atoms with E-state index in [1.807, 2.05) is 31.2 Å². The van der Waals surface area contributed by atoms with Crippen molar-refractivity contribution in [1.29, 1.82) is 0 Å². The molecular formula is C12H20N2O2S. The third kappa shape index (κ3) is 5.30. The van der Waals surface area contributed by atoms with Gasteiger partial charge in [-0.05, 0) is 30.5 Å². The summed E-state index contributed by atoms with van der Waals surface area (Å²) in [6.07, 6.45) is 1.48. The molecule has 1 aromatic rings. The van der Waals surface area contributed by atoms with E-state index in [1.165, 1.54) is 5.56 Å². The van der Waals surface area contributed by atoms with Crippen LogP contribution in [0.15, 0.2) is 24.3 Å². The largest absolute Gasteiger partial charge is 0.330 e. The molecule has 17 heavy (non-hydrogen) atoms. The maximum atomic E-state index is 11.4. The van der Waals surface area contributed by atoms with Gasteiger partial charge in [0.2, 0.25) is 10.0 Å². The number of hydrogen-bond acceptors (Lipinski definition) is 3. The van der Waals surface area contributed by atoms with Crippen LogP contribution < -0.4 is 10.5 Å². The number of nitrogens with one attached hydrogen (secondary N) is 1. The maximum absolute atomic E-state index is 11.4. The molecule has 0 saturated carbocycles. The fourth-order valence-electron chi connectivity index (χ4n) is 1.52. The van der Waals surface area contributed by atoms with E-state index in [9.17, 15) is 8.42 Å². The zero-order valence-electron chi connectivity index (χ0n) is 10.1. The summed E-state index contributed by atoms with van der Waals surface area (Å²) in [6.45, 7) is 2.83. The second-order valence-corrected chi connectivity index (χ2v) is 5.92. The van der Waals surface area contributed by atoms with Crippen molar-refractivity contribution in [2.75, 3.05) is 12.3 Å². The Morgan fingerprint density at radius 2 is 1.76 bits per heavy atom. The van der Waals surface area contributed by atoms with E-state index in [2.05, 4.69) is 4.72 Å². The molecule has 0 amide bonds. The standard InChI is InChI=1S/C12H20N2O2S/c1-2-9-17(15,16)14-10-12-5-3-11(4-6-12)7-8-13/h3-6,14H,2,7-10,13H2,1H3. The molecule has 0 aliphatic rings. The summed E-state index contributed by atoms with van der Waals surface area (Å²) in [7, 11) is -3.12. The van der Waals surface area contributed by atoms with Crippen LogP contribution in [0.5, 0.6) is 0 Å². The quantitative estimate of drug-likeness (QED) is 0.765. The zero-order chi connectivity index (χ0) is 12.7. The monoisotopic (exact) mass is 256 g/mol. The Balaban J connectivity index is 2.52. The predicted octanol–water partition coefficient (Wildman–Crippen LogP) is 1.02. The van der Waals surface area contributed by atoms with Gasteiger partial charge in [0.1, 0.15) is 0 Å². The molecule has 0 aliphatic carbocycles. The van der Waals surface area contributed by atoms with Gasteiger partial charge in [-0.15, -0.1) is 0 Å². The highest BCUT2D eigenvalue weighted by atomic mass is 32.2. The third-order valence-electron chi connectivity index (χ3n) is 2.43. The van der Waals surface area contributed by atoms with Crippen LogP contribution in [0.1, 0.15) is 24.5 Å². The molecule has 1 aromatic carbocycles. The van der Waals surface area contributed by atoms with Gasteiger partial charge in [0.15, 0.2) is 0 Å². The lowest BCUT2D eigenvalue weighted by Crippen LogP contribution is -2.25. The summed E-state index contributed by atoms with van der Waals surface area (Å²) in [5.41, 5.74) is 7.59. The summed E-state index contributed by atoms with van der Waals surface area (Å²) in [5.74, 6) is 0.179. The molecule has 0 unspecified atom stereocenters. The Bertz CT molecular complexity index is 426. The summed E-state index contributed by atoms with van der Waals surface area (Å²) >= 11 is 0. The molecule has 96 valence electrons. The fourth-order valence-corrected chi connectivity index (χ4v) is 2.59. The van der Waals surface area contributed by atoms with E-state index >= 15 is 0 Å². The van der Waals surface area contributed by atoms with E-state index in [0.29, 0.717) is 19.5 Å². The third-order valence-corrected chi connectivity index (χ3v) is 3.95. The highest BCUT2D eigenvalue weighted by molar-refractivity contribution is 7.89. The molecule has 0 atom stereocenters. The summed E-state index contributed by atoms with van der Waals surface area (Å²) in [4.78, 5) is 0. The van der Waals surface area contributed by atoms with E-state index in [0.717, 1.165) is 12.0 Å². The Hall–Kier alpha value is -0.910. The fraction of sp³-hybridized carbons (Fsp3) is 0.500. The van der Waals surface area contributed by atoms with Crippen LogP contribution in [0.3, 0.4) is 0 Å². The van der Waals surface area contributed by atoms with Gasteiger partial charge >= 0.3 is 0 Å². The molecule has 0 aromatic heterocycles. The Kier molecular flexibility index (Phi) is 5.61. The van der Waals surface area contributed by atoms with E-state index in [1.54, 1.807) is 0 Å². The van der Waals surface area contributed by atoms with Crippen molar-refractivity contribution in [3.05, 3.63) is 35.4 Å². The van der Waals surface area contributed by atoms with Gasteiger partial charge in [0.25, 0.3) is 0 Å². The van der Waals surface area contributed by atoms with Crippen molar-refractivity contribution < 1.29 is 8.42 Å². The van der Waals surface area contributed by atoms with Crippen LogP contribution in [0.2, 0.25) is 0 Å². The van der Waals surface area contributed by atoms with Crippen molar-refractivity contribution in [1.82, 2.24) is 4.72 Å². The minimum atomic E-state index is -3.12. The average Bonchev–Trinajstić information content (AvgIpc) is 2.29. The Morgan fingerprint density at radius 3 is 2.29 bits per heavy atom. The first kappa shape index (κ1) is 14.2. The second kappa shape index (κ2) is 6.74. The normalized spacial score (nSPS) is 11.6. The lowest BCUT2D eigenvalue weighted by Gasteiger charge is -2.06. The number of benzene rings is 1. The summed E-state index contributed by atoms with van der Waals surface area (Å²) < 4.78 is 25.5. The van der Waals surface area contributed by atoms with Crippen LogP contribution in [0.25, 0.3) is 0 Å². The van der Waals surface area contributed by atoms with Crippen molar-refractivity contribution in [3.63, 3.8) is 0 Å². The lowest BCUT2D eigenvalue weighted by molar-refractivity contribution is 0.580. The molecule has 0 saturated heterocycles. The van der Waals surface area contributed by atoms with Gasteiger partial charge in [-0.1, -0.05) is 31.2 Å². The van der Waals surface area contributed by atoms with Crippen molar-refractivity contribution >= 4 is 10.0 Å². The van der Waals surface area contributed by atoms with Crippen molar-refractivity contribution in [3.8, 4) is 0 Å². The number of nitrogens with two attached hydrogens (primary N) is 1. The highest BCUT2D eigenvalue weighted by Gasteiger charge is 2.07. The predicted molar refractivity (Wildman–Crippen MR) is 70.1 cm³/mol. The zero-order valence-corrected chi connectivity index (χ0v) is 11.0. The van der Waals surface area contributed by atoms with Crippen LogP contribution in [-0.2, 0) is 23.0 Å². The van der Waals surface area contributed by atoms with E-state index in [-0.39, 0.29) is 5.75 Å². The molecular weight excluding hydrogens is 236 g/mol. The van der Waals surface area contributed by atoms with Gasteiger partial charge in [0, 0.05) is 6.54 Å². The topological polar surface area (TPSA) is 72.2 Å². The Morgan fingerprint density at radius 1 is 1.18 bits per heavy atom. The molecule has 0 radical (unpaired) electrons. The first-order valence-corrected chi connectivity index (χ1v) is 7.48. The molecule has 0 aliphatic heterocycles. The lowest BCUT2D eigenvalue weighted by atomic mass is 10.1. The Labute approximate surface area is 103 Å². The number of rotatable bonds is 7. The molecule has 0 fully saturated rings. The molecule has 4 nitrogen and oxygen atoms in total. The van der Waals surface area contributed by atoms with Gasteiger partial charge < -0.3 is 5.73 Å². The number of hydrogen-bond donors (Lipinski definition) is 2. The highest BCUT2D eigenvalue weighted by Crippen LogP contribution is 2.05. The molecule has 3 N–H and O–H groups in total. The summed E-state index contributed by atoms with van der Waals surface area (Å²) in [6, 6.07) is 7.82. The van der Waals surface area contributed by atoms with E-state index < -0.39 is 10.0 Å². The van der Waals surface area contributed by atoms with Crippen molar-refractivity contribution in [2.24, 2.45) is 5.73 Å². The van der Waals surface area contributed by atoms with Gasteiger partial charge in [-0.2, -0.15) is 0 Å². The van der Waals surface area contributed by atoms with Gasteiger partial charge in [-0.25, -0.2) is 13.1 Å². The minimum absolute atomic E-state index is 0.179. The minimum Gasteiger partial charge on any atom is -0.330 e. The molecule has 0 bridgehead atoms. The van der Waals surface area contributed by atoms with E-state index in [4.69, 9.17) is 5.73 Å². The molecule has 1 rings (SSSR count). The summed E-state index contributed by atoms with van der Waals surface area (Å²) in [5, 5.41) is 0. The van der Waals surface area contributed by atoms with Crippen LogP contribution in [-0.4, -0.2) is 20.7 Å². The molecule has 0 heterocycles. The first-order valence-electron chi connectivity index (χ1n) is 5.82. The smallest absolute Gasteiger partial charge is 0.211 e. The number of sulfonamides is 1. The molecule has 0 spiro atoms. The van der Waals surface area contributed by atoms with Gasteiger partial charge in [0.05, 0.1) is 5.75 Å². The van der Waals surface area contributed by atoms with Crippen molar-refractivity contribution in [2.45, 2.75) is 26.3 Å². The van der Waals surface area contributed by atoms with Gasteiger partial charge in [-0.3, -0.25) is 0 Å².